The van der Waals surface area contributed by atoms with Crippen molar-refractivity contribution in [2.45, 2.75) is 89.9 Å². The van der Waals surface area contributed by atoms with E-state index in [0.29, 0.717) is 11.4 Å². The number of fused-ring (bicyclic) bond motifs is 1. The molecule has 7 atom stereocenters. The van der Waals surface area contributed by atoms with Crippen LogP contribution in [0.1, 0.15) is 47.8 Å². The molecule has 1 aliphatic heterocycles. The quantitative estimate of drug-likeness (QED) is 0.0978. The van der Waals surface area contributed by atoms with Gasteiger partial charge in [-0.15, -0.1) is 0 Å². The lowest BCUT2D eigenvalue weighted by Gasteiger charge is -2.27. The van der Waals surface area contributed by atoms with Crippen LogP contribution in [0.3, 0.4) is 0 Å². The van der Waals surface area contributed by atoms with E-state index in [4.69, 9.17) is 29.2 Å². The Bertz CT molecular complexity index is 1480. The van der Waals surface area contributed by atoms with Gasteiger partial charge >= 0.3 is 24.8 Å². The van der Waals surface area contributed by atoms with E-state index in [1.54, 1.807) is 27.7 Å². The molecule has 3 heterocycles. The van der Waals surface area contributed by atoms with E-state index in [1.807, 2.05) is 0 Å². The molecule has 0 radical (unpaired) electrons. The zero-order valence-electron chi connectivity index (χ0n) is 27.2. The Balaban J connectivity index is 1.86. The number of carbonyl (C=O) groups excluding carboxylic acids is 3. The number of nitrogens with one attached hydrogen (secondary N) is 2. The first kappa shape index (κ1) is 38.2. The Hall–Kier alpha value is -3.26. The molecule has 47 heavy (non-hydrogen) atoms. The highest BCUT2D eigenvalue weighted by Gasteiger charge is 2.54. The molecule has 21 heteroatoms. The zero-order chi connectivity index (χ0) is 35.3. The molecule has 1 fully saturated rings. The van der Waals surface area contributed by atoms with Crippen LogP contribution in [0.25, 0.3) is 11.2 Å². The molecule has 2 aromatic heterocycles. The Morgan fingerprint density at radius 2 is 1.79 bits per heavy atom. The first-order valence-electron chi connectivity index (χ1n) is 14.4. The van der Waals surface area contributed by atoms with Gasteiger partial charge in [-0.2, -0.15) is 9.97 Å². The second-order valence-electron chi connectivity index (χ2n) is 11.2. The summed E-state index contributed by atoms with van der Waals surface area (Å²) in [4.78, 5) is 49.6. The number of aliphatic hydroxyl groups excluding tert-OH is 1. The number of alkyl carbamates (subject to hydrolysis) is 1. The highest BCUT2D eigenvalue weighted by molar-refractivity contribution is 8.56. The standard InChI is InChI=1S/C26H42N7O12PS/c1-12(2)43-21(35)14(5)32-46(39,47-10-15(29-25(37)41-8)22(36)44-13(3)4)42-9-16-18(34)26(6,38)23(45-16)33-11-28-17-19(33)30-24(27)31-20(17)40-7/h11-16,18,23,34,38H,9-10H2,1-8H3,(H,29,37)(H,32,39)(H2,27,30,31)/t14?,15?,16?,18-,23-,26-,46?/m1/s1. The number of anilines is 1. The van der Waals surface area contributed by atoms with Crippen LogP contribution in [-0.2, 0) is 37.6 Å². The third-order valence-corrected chi connectivity index (χ3v) is 10.7. The molecule has 0 aliphatic carbocycles. The first-order valence-corrected chi connectivity index (χ1v) is 17.7. The van der Waals surface area contributed by atoms with Crippen LogP contribution in [0, 0.1) is 0 Å². The van der Waals surface area contributed by atoms with Crippen molar-refractivity contribution in [1.82, 2.24) is 29.9 Å². The van der Waals surface area contributed by atoms with E-state index < -0.39 is 79.7 Å². The van der Waals surface area contributed by atoms with Gasteiger partial charge < -0.3 is 49.5 Å². The minimum Gasteiger partial charge on any atom is -0.479 e. The summed E-state index contributed by atoms with van der Waals surface area (Å²) in [6, 6.07) is -2.49. The summed E-state index contributed by atoms with van der Waals surface area (Å²) in [6.07, 6.45) is -4.80. The molecule has 2 aromatic rings. The molecule has 0 saturated carbocycles. The lowest BCUT2D eigenvalue weighted by molar-refractivity contribution is -0.150. The van der Waals surface area contributed by atoms with E-state index in [9.17, 15) is 29.2 Å². The normalized spacial score (nSPS) is 23.7. The summed E-state index contributed by atoms with van der Waals surface area (Å²) in [6.45, 7) is 4.44. The molecule has 1 aliphatic rings. The van der Waals surface area contributed by atoms with Gasteiger partial charge in [-0.1, -0.05) is 11.4 Å². The average molecular weight is 708 g/mol. The van der Waals surface area contributed by atoms with Crippen molar-refractivity contribution < 1.29 is 57.4 Å². The predicted molar refractivity (Wildman–Crippen MR) is 167 cm³/mol. The van der Waals surface area contributed by atoms with Gasteiger partial charge in [0.2, 0.25) is 11.8 Å². The number of ether oxygens (including phenoxy) is 5. The Morgan fingerprint density at radius 1 is 1.15 bits per heavy atom. The summed E-state index contributed by atoms with van der Waals surface area (Å²) >= 11 is 0.579. The molecule has 0 aromatic carbocycles. The largest absolute Gasteiger partial charge is 0.479 e. The van der Waals surface area contributed by atoms with Gasteiger partial charge in [0.25, 0.3) is 0 Å². The molecule has 0 spiro atoms. The number of nitrogen functional groups attached to an aromatic ring is 1. The maximum Gasteiger partial charge on any atom is 0.407 e. The van der Waals surface area contributed by atoms with Crippen LogP contribution in [0.2, 0.25) is 0 Å². The van der Waals surface area contributed by atoms with Gasteiger partial charge in [0.05, 0.1) is 39.4 Å². The number of nitrogens with two attached hydrogens (primary N) is 1. The number of esters is 2. The van der Waals surface area contributed by atoms with Crippen molar-refractivity contribution in [3.63, 3.8) is 0 Å². The maximum atomic E-state index is 14.2. The second kappa shape index (κ2) is 15.8. The number of aliphatic hydroxyl groups is 2. The van der Waals surface area contributed by atoms with E-state index >= 15 is 0 Å². The second-order valence-corrected chi connectivity index (χ2v) is 15.5. The fourth-order valence-electron chi connectivity index (χ4n) is 4.36. The summed E-state index contributed by atoms with van der Waals surface area (Å²) in [5.41, 5.74) is 4.22. The van der Waals surface area contributed by atoms with Crippen molar-refractivity contribution in [3.05, 3.63) is 6.33 Å². The number of rotatable bonds is 15. The molecular weight excluding hydrogens is 665 g/mol. The van der Waals surface area contributed by atoms with E-state index in [1.165, 1.54) is 31.9 Å². The van der Waals surface area contributed by atoms with Gasteiger partial charge in [-0.3, -0.25) is 13.9 Å². The molecule has 3 rings (SSSR count). The third kappa shape index (κ3) is 9.43. The first-order chi connectivity index (χ1) is 21.9. The number of hydrogen-bond acceptors (Lipinski definition) is 17. The third-order valence-electron chi connectivity index (χ3n) is 6.60. The molecule has 0 bridgehead atoms. The minimum atomic E-state index is -4.19. The predicted octanol–water partition coefficient (Wildman–Crippen LogP) is 0.890. The summed E-state index contributed by atoms with van der Waals surface area (Å²) < 4.78 is 47.5. The lowest BCUT2D eigenvalue weighted by atomic mass is 9.96. The number of nitrogens with zero attached hydrogens (tertiary/aromatic N) is 4. The molecule has 6 N–H and O–H groups in total. The maximum absolute atomic E-state index is 14.2. The highest BCUT2D eigenvalue weighted by atomic mass is 32.7. The molecule has 1 saturated heterocycles. The number of methoxy groups -OCH3 is 2. The van der Waals surface area contributed by atoms with Gasteiger partial charge in [0.1, 0.15) is 29.9 Å². The monoisotopic (exact) mass is 707 g/mol. The van der Waals surface area contributed by atoms with Crippen LogP contribution in [0.15, 0.2) is 6.33 Å². The van der Waals surface area contributed by atoms with Gasteiger partial charge in [0.15, 0.2) is 17.4 Å². The Morgan fingerprint density at radius 3 is 2.38 bits per heavy atom. The number of aromatic nitrogens is 4. The van der Waals surface area contributed by atoms with Crippen molar-refractivity contribution in [3.8, 4) is 5.88 Å². The zero-order valence-corrected chi connectivity index (χ0v) is 28.9. The molecule has 4 unspecified atom stereocenters. The fraction of sp³-hybridized carbons (Fsp3) is 0.692. The minimum absolute atomic E-state index is 0.0794. The topological polar surface area (TPSA) is 258 Å². The van der Waals surface area contributed by atoms with Crippen molar-refractivity contribution in [2.75, 3.05) is 32.3 Å². The highest BCUT2D eigenvalue weighted by Crippen LogP contribution is 2.57. The van der Waals surface area contributed by atoms with Crippen molar-refractivity contribution >= 4 is 53.2 Å². The molecule has 19 nitrogen and oxygen atoms in total. The number of hydrogen-bond donors (Lipinski definition) is 5. The Labute approximate surface area is 274 Å². The summed E-state index contributed by atoms with van der Waals surface area (Å²) in [7, 11) is 2.47. The average Bonchev–Trinajstić information content (AvgIpc) is 3.49. The van der Waals surface area contributed by atoms with Crippen LogP contribution in [0.5, 0.6) is 5.88 Å². The smallest absolute Gasteiger partial charge is 0.407 e. The summed E-state index contributed by atoms with van der Waals surface area (Å²) in [5.74, 6) is -1.98. The van der Waals surface area contributed by atoms with Gasteiger partial charge in [-0.05, 0) is 41.5 Å². The fourth-order valence-corrected chi connectivity index (χ4v) is 8.21. The van der Waals surface area contributed by atoms with Crippen LogP contribution < -0.4 is 20.9 Å². The summed E-state index contributed by atoms with van der Waals surface area (Å²) in [5, 5.41) is 27.4. The van der Waals surface area contributed by atoms with Crippen molar-refractivity contribution in [1.29, 1.82) is 0 Å². The SMILES string of the molecule is COC(=O)NC(CSP(=O)(NC(C)C(=O)OC(C)C)OCC1O[C@@H](n2cnc3c(OC)nc(N)nc32)[C@](C)(O)[C@@H]1O)C(=O)OC(C)C. The van der Waals surface area contributed by atoms with Gasteiger partial charge in [-0.25, -0.2) is 19.7 Å². The molecular formula is C26H42N7O12PS. The van der Waals surface area contributed by atoms with E-state index in [-0.39, 0.29) is 28.7 Å². The lowest BCUT2D eigenvalue weighted by Crippen LogP contribution is -2.45. The van der Waals surface area contributed by atoms with Gasteiger partial charge in [0, 0.05) is 5.75 Å². The van der Waals surface area contributed by atoms with Crippen LogP contribution >= 0.6 is 18.1 Å². The van der Waals surface area contributed by atoms with Crippen molar-refractivity contribution in [2.24, 2.45) is 0 Å². The molecule has 1 amide bonds. The number of carbonyl (C=O) groups is 3. The van der Waals surface area contributed by atoms with E-state index in [0.717, 1.165) is 7.11 Å². The van der Waals surface area contributed by atoms with Crippen LogP contribution in [0.4, 0.5) is 10.7 Å². The van der Waals surface area contributed by atoms with Crippen LogP contribution in [-0.4, -0.2) is 116 Å². The van der Waals surface area contributed by atoms with E-state index in [2.05, 4.69) is 30.1 Å². The number of amides is 1. The Kier molecular flexibility index (Phi) is 12.8. The molecule has 264 valence electrons. The number of imidazole rings is 1.